The summed E-state index contributed by atoms with van der Waals surface area (Å²) in [6.07, 6.45) is -4.62. The molecule has 21 heavy (non-hydrogen) atoms. The molecule has 0 aliphatic carbocycles. The van der Waals surface area contributed by atoms with Crippen molar-refractivity contribution in [2.24, 2.45) is 0 Å². The molecule has 2 aromatic rings. The third-order valence-corrected chi connectivity index (χ3v) is 3.67. The highest BCUT2D eigenvalue weighted by molar-refractivity contribution is 7.99. The summed E-state index contributed by atoms with van der Waals surface area (Å²) in [4.78, 5) is 10.8. The van der Waals surface area contributed by atoms with Crippen molar-refractivity contribution in [3.8, 4) is 0 Å². The minimum Gasteiger partial charge on any atom is -0.258 e. The third kappa shape index (κ3) is 3.98. The van der Waals surface area contributed by atoms with E-state index < -0.39 is 22.4 Å². The van der Waals surface area contributed by atoms with Gasteiger partial charge in [-0.15, -0.1) is 0 Å². The van der Waals surface area contributed by atoms with Crippen LogP contribution in [0.2, 0.25) is 0 Å². The maximum Gasteiger partial charge on any atom is 0.416 e. The van der Waals surface area contributed by atoms with Gasteiger partial charge in [-0.1, -0.05) is 29.5 Å². The lowest BCUT2D eigenvalue weighted by molar-refractivity contribution is -0.385. The molecule has 0 saturated heterocycles. The zero-order chi connectivity index (χ0) is 15.6. The molecule has 0 aromatic heterocycles. The van der Waals surface area contributed by atoms with Gasteiger partial charge in [0.2, 0.25) is 0 Å². The monoisotopic (exact) mass is 313 g/mol. The predicted molar refractivity (Wildman–Crippen MR) is 73.4 cm³/mol. The first-order valence-corrected chi connectivity index (χ1v) is 6.68. The minimum atomic E-state index is -4.62. The van der Waals surface area contributed by atoms with Gasteiger partial charge in [-0.25, -0.2) is 0 Å². The van der Waals surface area contributed by atoms with Crippen LogP contribution in [0, 0.1) is 17.0 Å². The van der Waals surface area contributed by atoms with Gasteiger partial charge in [-0.2, -0.15) is 13.2 Å². The first kappa shape index (κ1) is 15.4. The SMILES string of the molecule is Cc1ccc(Sc2cc([N+](=O)[O-])cc(C(F)(F)F)c2)cc1. The summed E-state index contributed by atoms with van der Waals surface area (Å²) in [5.41, 5.74) is -0.569. The van der Waals surface area contributed by atoms with Crippen LogP contribution < -0.4 is 0 Å². The maximum atomic E-state index is 12.8. The van der Waals surface area contributed by atoms with E-state index in [2.05, 4.69) is 0 Å². The highest BCUT2D eigenvalue weighted by Gasteiger charge is 2.32. The summed E-state index contributed by atoms with van der Waals surface area (Å²) >= 11 is 1.05. The Bertz CT molecular complexity index is 669. The Morgan fingerprint density at radius 3 is 2.19 bits per heavy atom. The Morgan fingerprint density at radius 1 is 1.05 bits per heavy atom. The zero-order valence-electron chi connectivity index (χ0n) is 10.8. The Morgan fingerprint density at radius 2 is 1.67 bits per heavy atom. The fourth-order valence-electron chi connectivity index (χ4n) is 1.65. The molecule has 0 unspecified atom stereocenters. The van der Waals surface area contributed by atoms with Gasteiger partial charge in [0, 0.05) is 21.9 Å². The van der Waals surface area contributed by atoms with E-state index in [1.165, 1.54) is 0 Å². The van der Waals surface area contributed by atoms with Crippen molar-refractivity contribution in [1.82, 2.24) is 0 Å². The number of aryl methyl sites for hydroxylation is 1. The number of non-ortho nitro benzene ring substituents is 1. The number of hydrogen-bond donors (Lipinski definition) is 0. The summed E-state index contributed by atoms with van der Waals surface area (Å²) in [6.45, 7) is 1.89. The lowest BCUT2D eigenvalue weighted by atomic mass is 10.2. The van der Waals surface area contributed by atoms with Crippen molar-refractivity contribution in [2.75, 3.05) is 0 Å². The molecule has 0 saturated carbocycles. The molecule has 2 aromatic carbocycles. The van der Waals surface area contributed by atoms with Gasteiger partial charge in [-0.3, -0.25) is 10.1 Å². The molecule has 0 aliphatic heterocycles. The van der Waals surface area contributed by atoms with Crippen LogP contribution in [-0.4, -0.2) is 4.92 Å². The van der Waals surface area contributed by atoms with Crippen LogP contribution in [0.5, 0.6) is 0 Å². The van der Waals surface area contributed by atoms with Crippen molar-refractivity contribution in [1.29, 1.82) is 0 Å². The van der Waals surface area contributed by atoms with Gasteiger partial charge in [0.15, 0.2) is 0 Å². The summed E-state index contributed by atoms with van der Waals surface area (Å²) in [5, 5.41) is 10.8. The van der Waals surface area contributed by atoms with E-state index in [1.807, 2.05) is 19.1 Å². The molecular weight excluding hydrogens is 303 g/mol. The largest absolute Gasteiger partial charge is 0.416 e. The Balaban J connectivity index is 2.40. The first-order chi connectivity index (χ1) is 9.75. The average molecular weight is 313 g/mol. The van der Waals surface area contributed by atoms with Crippen LogP contribution in [0.4, 0.5) is 18.9 Å². The molecule has 0 fully saturated rings. The summed E-state index contributed by atoms with van der Waals surface area (Å²) in [5.74, 6) is 0. The predicted octanol–water partition coefficient (Wildman–Crippen LogP) is 5.07. The average Bonchev–Trinajstić information content (AvgIpc) is 2.40. The van der Waals surface area contributed by atoms with Gasteiger partial charge < -0.3 is 0 Å². The fraction of sp³-hybridized carbons (Fsp3) is 0.143. The molecule has 0 radical (unpaired) electrons. The molecule has 3 nitrogen and oxygen atoms in total. The standard InChI is InChI=1S/C14H10F3NO2S/c1-9-2-4-12(5-3-9)21-13-7-10(14(15,16)17)6-11(8-13)18(19)20/h2-8H,1H3. The second-order valence-electron chi connectivity index (χ2n) is 4.39. The fourth-order valence-corrected chi connectivity index (χ4v) is 2.56. The summed E-state index contributed by atoms with van der Waals surface area (Å²) in [6, 6.07) is 9.75. The van der Waals surface area contributed by atoms with E-state index in [-0.39, 0.29) is 4.90 Å². The van der Waals surface area contributed by atoms with E-state index in [0.29, 0.717) is 11.0 Å². The number of benzene rings is 2. The van der Waals surface area contributed by atoms with Crippen LogP contribution >= 0.6 is 11.8 Å². The third-order valence-electron chi connectivity index (χ3n) is 2.69. The van der Waals surface area contributed by atoms with Gasteiger partial charge in [0.25, 0.3) is 5.69 Å². The maximum absolute atomic E-state index is 12.8. The minimum absolute atomic E-state index is 0.181. The number of hydrogen-bond acceptors (Lipinski definition) is 3. The topological polar surface area (TPSA) is 43.1 Å². The molecule has 0 atom stereocenters. The highest BCUT2D eigenvalue weighted by atomic mass is 32.2. The van der Waals surface area contributed by atoms with Gasteiger partial charge >= 0.3 is 6.18 Å². The molecule has 0 heterocycles. The molecule has 0 N–H and O–H groups in total. The molecule has 0 aliphatic rings. The molecule has 0 spiro atoms. The molecule has 2 rings (SSSR count). The van der Waals surface area contributed by atoms with Gasteiger partial charge in [0.05, 0.1) is 10.5 Å². The van der Waals surface area contributed by atoms with Crippen LogP contribution in [-0.2, 0) is 6.18 Å². The smallest absolute Gasteiger partial charge is 0.258 e. The lowest BCUT2D eigenvalue weighted by Gasteiger charge is -2.09. The van der Waals surface area contributed by atoms with Crippen LogP contribution in [0.25, 0.3) is 0 Å². The van der Waals surface area contributed by atoms with E-state index in [1.54, 1.807) is 12.1 Å². The van der Waals surface area contributed by atoms with E-state index in [9.17, 15) is 23.3 Å². The van der Waals surface area contributed by atoms with Crippen LogP contribution in [0.1, 0.15) is 11.1 Å². The van der Waals surface area contributed by atoms with Crippen molar-refractivity contribution in [3.05, 3.63) is 63.7 Å². The van der Waals surface area contributed by atoms with Gasteiger partial charge in [-0.05, 0) is 25.1 Å². The molecular formula is C14H10F3NO2S. The first-order valence-electron chi connectivity index (χ1n) is 5.87. The number of rotatable bonds is 3. The second kappa shape index (κ2) is 5.77. The molecule has 7 heteroatoms. The summed E-state index contributed by atoms with van der Waals surface area (Å²) < 4.78 is 38.3. The Hall–Kier alpha value is -2.02. The number of nitro groups is 1. The highest BCUT2D eigenvalue weighted by Crippen LogP contribution is 2.37. The van der Waals surface area contributed by atoms with Gasteiger partial charge in [0.1, 0.15) is 0 Å². The number of nitro benzene ring substituents is 1. The Kier molecular flexibility index (Phi) is 4.22. The lowest BCUT2D eigenvalue weighted by Crippen LogP contribution is -2.05. The van der Waals surface area contributed by atoms with Crippen LogP contribution in [0.3, 0.4) is 0 Å². The zero-order valence-corrected chi connectivity index (χ0v) is 11.7. The second-order valence-corrected chi connectivity index (χ2v) is 5.53. The molecule has 0 amide bonds. The number of halogens is 3. The van der Waals surface area contributed by atoms with E-state index in [0.717, 1.165) is 29.5 Å². The van der Waals surface area contributed by atoms with Crippen molar-refractivity contribution >= 4 is 17.4 Å². The van der Waals surface area contributed by atoms with Crippen molar-refractivity contribution < 1.29 is 18.1 Å². The van der Waals surface area contributed by atoms with Crippen LogP contribution in [0.15, 0.2) is 52.3 Å². The number of nitrogens with zero attached hydrogens (tertiary/aromatic N) is 1. The van der Waals surface area contributed by atoms with Crippen molar-refractivity contribution in [3.63, 3.8) is 0 Å². The van der Waals surface area contributed by atoms with E-state index in [4.69, 9.17) is 0 Å². The molecule has 110 valence electrons. The quantitative estimate of drug-likeness (QED) is 0.586. The van der Waals surface area contributed by atoms with Crippen molar-refractivity contribution in [2.45, 2.75) is 22.9 Å². The summed E-state index contributed by atoms with van der Waals surface area (Å²) in [7, 11) is 0. The van der Waals surface area contributed by atoms with E-state index >= 15 is 0 Å². The Labute approximate surface area is 122 Å². The normalized spacial score (nSPS) is 11.4. The molecule has 0 bridgehead atoms. The number of alkyl halides is 3.